The number of amides is 2. The van der Waals surface area contributed by atoms with Gasteiger partial charge in [-0.3, -0.25) is 19.4 Å². The van der Waals surface area contributed by atoms with Gasteiger partial charge in [0.2, 0.25) is 0 Å². The van der Waals surface area contributed by atoms with Crippen LogP contribution >= 0.6 is 36.1 Å². The molecule has 17 heteroatoms. The number of guanidine groups is 1. The number of carbonyl (C=O) groups excluding carboxylic acids is 3. The highest BCUT2D eigenvalue weighted by Crippen LogP contribution is 2.18. The number of ketones is 1. The summed E-state index contributed by atoms with van der Waals surface area (Å²) in [7, 11) is 15.1. The maximum absolute atomic E-state index is 12.2. The molecule has 2 amide bonds. The van der Waals surface area contributed by atoms with Gasteiger partial charge < -0.3 is 44.9 Å². The molecule has 0 aliphatic heterocycles. The molecule has 0 saturated heterocycles. The lowest BCUT2D eigenvalue weighted by Gasteiger charge is -2.07. The summed E-state index contributed by atoms with van der Waals surface area (Å²) in [6, 6.07) is 5.22. The average molecular weight is 627 g/mol. The van der Waals surface area contributed by atoms with Crippen LogP contribution in [0.4, 0.5) is 17.1 Å². The highest BCUT2D eigenvalue weighted by Gasteiger charge is 2.14. The quantitative estimate of drug-likeness (QED) is 0.0666. The molecule has 0 spiro atoms. The normalized spacial score (nSPS) is 11.1. The minimum Gasteiger partial charge on any atom is -0.387 e. The maximum Gasteiger partial charge on any atom is 0.272 e. The van der Waals surface area contributed by atoms with Crippen molar-refractivity contribution >= 4 is 76.7 Å². The molecule has 0 fully saturated rings. The molecule has 13 nitrogen and oxygen atoms in total. The molecule has 218 valence electrons. The minimum absolute atomic E-state index is 0.0404. The van der Waals surface area contributed by atoms with Gasteiger partial charge in [-0.15, -0.1) is 0 Å². The van der Waals surface area contributed by atoms with Crippen molar-refractivity contribution in [2.75, 3.05) is 35.9 Å². The third-order valence-corrected chi connectivity index (χ3v) is 6.97. The number of aromatic nitrogens is 3. The second-order valence-corrected chi connectivity index (χ2v) is 10.5. The Bertz CT molecular complexity index is 1350. The molecule has 0 aliphatic carbocycles. The first-order valence-corrected chi connectivity index (χ1v) is 16.0. The fourth-order valence-corrected chi connectivity index (χ4v) is 4.76. The fourth-order valence-electron chi connectivity index (χ4n) is 3.59. The predicted octanol–water partition coefficient (Wildman–Crippen LogP) is 2.53. The number of hydrogen-bond acceptors (Lipinski definition) is 6. The third-order valence-electron chi connectivity index (χ3n) is 5.55. The summed E-state index contributed by atoms with van der Waals surface area (Å²) in [5.41, 5.74) is 4.05. The monoisotopic (exact) mass is 626 g/mol. The molecule has 3 aromatic heterocycles. The SMILES string of the molecule is CC(=O)c1cc(NC(=O)c2cc(NP)cn2C)cn1C.CNc1cc(C(=O)NCCN=C(NP)NPP)n(C)c1. The maximum atomic E-state index is 12.2. The van der Waals surface area contributed by atoms with Crippen molar-refractivity contribution in [2.45, 2.75) is 6.92 Å². The van der Waals surface area contributed by atoms with Crippen LogP contribution in [0.25, 0.3) is 0 Å². The van der Waals surface area contributed by atoms with Gasteiger partial charge in [0.15, 0.2) is 11.7 Å². The zero-order valence-electron chi connectivity index (χ0n) is 23.1. The van der Waals surface area contributed by atoms with Crippen LogP contribution in [0.15, 0.2) is 41.8 Å². The summed E-state index contributed by atoms with van der Waals surface area (Å²) >= 11 is 0. The summed E-state index contributed by atoms with van der Waals surface area (Å²) in [5, 5.41) is 17.5. The Hall–Kier alpha value is -2.96. The number of aryl methyl sites for hydroxylation is 3. The largest absolute Gasteiger partial charge is 0.387 e. The molecule has 3 aromatic rings. The first-order chi connectivity index (χ1) is 19.0. The third kappa shape index (κ3) is 9.60. The van der Waals surface area contributed by atoms with Crippen LogP contribution in [-0.4, -0.2) is 57.4 Å². The Labute approximate surface area is 242 Å². The number of nitrogens with zero attached hydrogens (tertiary/aromatic N) is 4. The highest BCUT2D eigenvalue weighted by atomic mass is 32.0. The molecular formula is C23H38N10O3P4. The lowest BCUT2D eigenvalue weighted by atomic mass is 10.3. The number of anilines is 3. The van der Waals surface area contributed by atoms with E-state index in [0.717, 1.165) is 11.4 Å². The molecule has 0 aromatic carbocycles. The number of hydrogen-bond donors (Lipinski definition) is 6. The molecule has 3 heterocycles. The van der Waals surface area contributed by atoms with E-state index in [2.05, 4.69) is 63.9 Å². The summed E-state index contributed by atoms with van der Waals surface area (Å²) in [4.78, 5) is 39.8. The number of Topliss-reactive ketones (excluding diaryl/α,β-unsaturated/α-hetero) is 1. The zero-order chi connectivity index (χ0) is 29.8. The molecular weight excluding hydrogens is 588 g/mol. The molecule has 0 aliphatic rings. The fraction of sp³-hybridized carbons (Fsp3) is 0.304. The van der Waals surface area contributed by atoms with Crippen LogP contribution in [0.1, 0.15) is 38.4 Å². The van der Waals surface area contributed by atoms with Gasteiger partial charge in [-0.25, -0.2) is 0 Å². The van der Waals surface area contributed by atoms with Crippen LogP contribution in [0.5, 0.6) is 0 Å². The van der Waals surface area contributed by atoms with Gasteiger partial charge in [-0.05, 0) is 45.4 Å². The lowest BCUT2D eigenvalue weighted by Crippen LogP contribution is -2.30. The van der Waals surface area contributed by atoms with Gasteiger partial charge >= 0.3 is 0 Å². The summed E-state index contributed by atoms with van der Waals surface area (Å²) in [6.07, 6.45) is 5.40. The van der Waals surface area contributed by atoms with Gasteiger partial charge in [0, 0.05) is 60.2 Å². The van der Waals surface area contributed by atoms with E-state index in [1.54, 1.807) is 46.1 Å². The Morgan fingerprint density at radius 3 is 1.93 bits per heavy atom. The topological polar surface area (TPSA) is 151 Å². The van der Waals surface area contributed by atoms with Crippen LogP contribution in [0.3, 0.4) is 0 Å². The first kappa shape index (κ1) is 33.2. The Morgan fingerprint density at radius 2 is 1.43 bits per heavy atom. The van der Waals surface area contributed by atoms with E-state index in [-0.39, 0.29) is 17.6 Å². The standard InChI is InChI=1S/C13H17N4O2P.C10H21N6OP3/c1-8(18)11-4-9(6-16(11)2)14-13(19)12-5-10(15-20)7-17(12)3;1-11-7-5-8(16(2)6-7)9(17)12-3-4-13-10(14-18)15-20-19/h4-7,15H,20H2,1-3H3,(H,14,19);5-6,11,20H,3-4,18-19H2,1-2H3,(H,12,17)(H2,13,14,15). The lowest BCUT2D eigenvalue weighted by molar-refractivity contribution is 0.0945. The number of carbonyl (C=O) groups is 3. The number of rotatable bonds is 10. The summed E-state index contributed by atoms with van der Waals surface area (Å²) in [6.45, 7) is 2.49. The van der Waals surface area contributed by atoms with Crippen molar-refractivity contribution in [2.24, 2.45) is 26.1 Å². The molecule has 0 radical (unpaired) electrons. The van der Waals surface area contributed by atoms with E-state index in [9.17, 15) is 14.4 Å². The van der Waals surface area contributed by atoms with E-state index in [1.165, 1.54) is 6.92 Å². The van der Waals surface area contributed by atoms with E-state index in [4.69, 9.17) is 0 Å². The van der Waals surface area contributed by atoms with Crippen molar-refractivity contribution in [3.05, 3.63) is 53.9 Å². The second-order valence-electron chi connectivity index (χ2n) is 8.48. The van der Waals surface area contributed by atoms with Crippen molar-refractivity contribution < 1.29 is 14.4 Å². The van der Waals surface area contributed by atoms with Gasteiger partial charge in [0.25, 0.3) is 11.8 Å². The molecule has 6 N–H and O–H groups in total. The highest BCUT2D eigenvalue weighted by molar-refractivity contribution is 8.02. The van der Waals surface area contributed by atoms with Crippen LogP contribution in [0, 0.1) is 0 Å². The number of aliphatic imine (C=N–C) groups is 1. The zero-order valence-corrected chi connectivity index (χ0v) is 27.6. The number of nitrogens with one attached hydrogen (secondary N) is 6. The average Bonchev–Trinajstić information content (AvgIpc) is 3.61. The van der Waals surface area contributed by atoms with Gasteiger partial charge in [-0.1, -0.05) is 8.93 Å². The molecule has 0 saturated carbocycles. The van der Waals surface area contributed by atoms with Gasteiger partial charge in [0.05, 0.1) is 29.3 Å². The summed E-state index contributed by atoms with van der Waals surface area (Å²) < 4.78 is 5.21. The van der Waals surface area contributed by atoms with Gasteiger partial charge in [0.1, 0.15) is 11.4 Å². The molecule has 40 heavy (non-hydrogen) atoms. The molecule has 4 unspecified atom stereocenters. The summed E-state index contributed by atoms with van der Waals surface area (Å²) in [5.74, 6) is 0.320. The Balaban J connectivity index is 0.000000280. The van der Waals surface area contributed by atoms with E-state index in [1.807, 2.05) is 32.6 Å². The molecule has 3 rings (SSSR count). The first-order valence-electron chi connectivity index (χ1n) is 12.0. The molecule has 0 bridgehead atoms. The minimum atomic E-state index is -0.222. The Morgan fingerprint density at radius 1 is 0.875 bits per heavy atom. The van der Waals surface area contributed by atoms with E-state index < -0.39 is 0 Å². The van der Waals surface area contributed by atoms with Gasteiger partial charge in [-0.2, -0.15) is 0 Å². The van der Waals surface area contributed by atoms with Crippen molar-refractivity contribution in [1.82, 2.24) is 29.2 Å². The smallest absolute Gasteiger partial charge is 0.272 e. The predicted molar refractivity (Wildman–Crippen MR) is 176 cm³/mol. The van der Waals surface area contributed by atoms with Crippen LogP contribution in [-0.2, 0) is 21.1 Å². The van der Waals surface area contributed by atoms with Crippen LogP contribution < -0.4 is 31.2 Å². The van der Waals surface area contributed by atoms with Crippen molar-refractivity contribution in [1.29, 1.82) is 0 Å². The van der Waals surface area contributed by atoms with Crippen molar-refractivity contribution in [3.63, 3.8) is 0 Å². The Kier molecular flexibility index (Phi) is 13.6. The van der Waals surface area contributed by atoms with Crippen LogP contribution in [0.2, 0.25) is 0 Å². The van der Waals surface area contributed by atoms with E-state index in [0.29, 0.717) is 50.2 Å². The molecule has 4 atom stereocenters. The second kappa shape index (κ2) is 16.3. The van der Waals surface area contributed by atoms with E-state index >= 15 is 0 Å². The van der Waals surface area contributed by atoms with Crippen molar-refractivity contribution in [3.8, 4) is 0 Å².